The average molecular weight is 175 g/mol. The minimum absolute atomic E-state index is 1.23. The van der Waals surface area contributed by atoms with E-state index in [-0.39, 0.29) is 0 Å². The van der Waals surface area contributed by atoms with Gasteiger partial charge in [-0.25, -0.2) is 0 Å². The normalized spacial score (nSPS) is 8.08. The molecule has 1 rings (SSSR count). The molecule has 0 aliphatic rings. The van der Waals surface area contributed by atoms with E-state index in [1.165, 1.54) is 31.7 Å². The number of nitrogens with zero attached hydrogens (tertiary/aromatic N) is 1. The number of benzene rings is 1. The molecule has 0 saturated carbocycles. The molecule has 13 heavy (non-hydrogen) atoms. The quantitative estimate of drug-likeness (QED) is 0.689. The average Bonchev–Trinajstić information content (AvgIpc) is 2.18. The summed E-state index contributed by atoms with van der Waals surface area (Å²) in [5, 5.41) is 7.32. The van der Waals surface area contributed by atoms with Gasteiger partial charge in [0.1, 0.15) is 0 Å². The van der Waals surface area contributed by atoms with Crippen LogP contribution in [0.5, 0.6) is 0 Å². The summed E-state index contributed by atoms with van der Waals surface area (Å²) >= 11 is 0. The van der Waals surface area contributed by atoms with Gasteiger partial charge < -0.3 is 0 Å². The Hall–Kier alpha value is -1.29. The Kier molecular flexibility index (Phi) is 7.93. The Labute approximate surface area is 81.0 Å². The summed E-state index contributed by atoms with van der Waals surface area (Å²) in [6.07, 6.45) is 3.83. The third-order valence-electron chi connectivity index (χ3n) is 1.66. The van der Waals surface area contributed by atoms with E-state index in [9.17, 15) is 0 Å². The molecule has 1 nitrogen and oxygen atoms in total. The van der Waals surface area contributed by atoms with Crippen molar-refractivity contribution < 1.29 is 0 Å². The first kappa shape index (κ1) is 11.7. The summed E-state index contributed by atoms with van der Waals surface area (Å²) in [6.45, 7) is 3.66. The van der Waals surface area contributed by atoms with Gasteiger partial charge >= 0.3 is 0 Å². The highest BCUT2D eigenvalue weighted by molar-refractivity contribution is 5.14. The van der Waals surface area contributed by atoms with Crippen LogP contribution in [0.4, 0.5) is 0 Å². The standard InChI is InChI=1S/C10H14.C2H3N/c1-2-3-7-10-8-5-4-6-9-10;1-2-3/h4-6,8-9H,2-3,7H2,1H3;1H3. The van der Waals surface area contributed by atoms with Crippen LogP contribution >= 0.6 is 0 Å². The fourth-order valence-corrected chi connectivity index (χ4v) is 1.03. The Bertz CT molecular complexity index is 233. The molecule has 0 saturated heterocycles. The smallest absolute Gasteiger partial charge is 0.0587 e. The molecule has 0 heterocycles. The maximum atomic E-state index is 7.32. The SMILES string of the molecule is CC#N.CCCCc1ccccc1. The zero-order valence-corrected chi connectivity index (χ0v) is 8.46. The summed E-state index contributed by atoms with van der Waals surface area (Å²) in [5.74, 6) is 0. The molecule has 0 radical (unpaired) electrons. The molecule has 0 fully saturated rings. The number of rotatable bonds is 3. The summed E-state index contributed by atoms with van der Waals surface area (Å²) in [6, 6.07) is 12.4. The second-order valence-corrected chi connectivity index (χ2v) is 2.81. The van der Waals surface area contributed by atoms with Crippen LogP contribution in [-0.4, -0.2) is 0 Å². The molecule has 0 bridgehead atoms. The van der Waals surface area contributed by atoms with E-state index in [4.69, 9.17) is 5.26 Å². The second-order valence-electron chi connectivity index (χ2n) is 2.81. The lowest BCUT2D eigenvalue weighted by Gasteiger charge is -1.96. The molecule has 1 heteroatoms. The monoisotopic (exact) mass is 175 g/mol. The van der Waals surface area contributed by atoms with E-state index >= 15 is 0 Å². The van der Waals surface area contributed by atoms with Gasteiger partial charge in [0.25, 0.3) is 0 Å². The Balaban J connectivity index is 0.000000424. The molecule has 0 unspecified atom stereocenters. The number of aryl methyl sites for hydroxylation is 1. The zero-order valence-electron chi connectivity index (χ0n) is 8.46. The van der Waals surface area contributed by atoms with Crippen LogP contribution in [0.1, 0.15) is 32.3 Å². The van der Waals surface area contributed by atoms with E-state index in [1.54, 1.807) is 6.07 Å². The maximum Gasteiger partial charge on any atom is 0.0587 e. The van der Waals surface area contributed by atoms with Gasteiger partial charge in [-0.1, -0.05) is 43.7 Å². The number of nitriles is 1. The molecule has 0 aliphatic carbocycles. The molecule has 0 aromatic heterocycles. The summed E-state index contributed by atoms with van der Waals surface area (Å²) in [5.41, 5.74) is 1.46. The molecule has 0 N–H and O–H groups in total. The topological polar surface area (TPSA) is 23.8 Å². The van der Waals surface area contributed by atoms with Crippen molar-refractivity contribution in [1.29, 1.82) is 5.26 Å². The lowest BCUT2D eigenvalue weighted by atomic mass is 10.1. The van der Waals surface area contributed by atoms with Crippen molar-refractivity contribution in [1.82, 2.24) is 0 Å². The van der Waals surface area contributed by atoms with Crippen molar-refractivity contribution in [3.8, 4) is 6.07 Å². The Morgan fingerprint density at radius 2 is 1.77 bits per heavy atom. The highest BCUT2D eigenvalue weighted by Crippen LogP contribution is 2.03. The van der Waals surface area contributed by atoms with Crippen LogP contribution in [0, 0.1) is 11.3 Å². The number of hydrogen-bond donors (Lipinski definition) is 0. The zero-order chi connectivity index (χ0) is 9.94. The van der Waals surface area contributed by atoms with Crippen molar-refractivity contribution in [3.05, 3.63) is 35.9 Å². The molecule has 0 aliphatic heterocycles. The largest absolute Gasteiger partial charge is 0.199 e. The Morgan fingerprint density at radius 3 is 2.23 bits per heavy atom. The molecule has 0 atom stereocenters. The lowest BCUT2D eigenvalue weighted by molar-refractivity contribution is 0.795. The number of hydrogen-bond acceptors (Lipinski definition) is 1. The van der Waals surface area contributed by atoms with Gasteiger partial charge in [0, 0.05) is 6.92 Å². The third-order valence-corrected chi connectivity index (χ3v) is 1.66. The van der Waals surface area contributed by atoms with Gasteiger partial charge in [0.05, 0.1) is 6.07 Å². The molecule has 1 aromatic carbocycles. The minimum atomic E-state index is 1.23. The maximum absolute atomic E-state index is 7.32. The molecule has 1 aromatic rings. The van der Waals surface area contributed by atoms with Gasteiger partial charge in [-0.15, -0.1) is 0 Å². The van der Waals surface area contributed by atoms with Gasteiger partial charge in [0.15, 0.2) is 0 Å². The van der Waals surface area contributed by atoms with Crippen molar-refractivity contribution in [2.45, 2.75) is 33.1 Å². The first-order valence-electron chi connectivity index (χ1n) is 4.69. The van der Waals surface area contributed by atoms with Crippen molar-refractivity contribution in [2.75, 3.05) is 0 Å². The van der Waals surface area contributed by atoms with Crippen LogP contribution in [0.2, 0.25) is 0 Å². The predicted octanol–water partition coefficient (Wildman–Crippen LogP) is 3.56. The van der Waals surface area contributed by atoms with E-state index < -0.39 is 0 Å². The van der Waals surface area contributed by atoms with Crippen molar-refractivity contribution in [2.24, 2.45) is 0 Å². The first-order valence-corrected chi connectivity index (χ1v) is 4.69. The van der Waals surface area contributed by atoms with Crippen LogP contribution in [0.3, 0.4) is 0 Å². The molecule has 0 amide bonds. The fraction of sp³-hybridized carbons (Fsp3) is 0.417. The third kappa shape index (κ3) is 7.08. The van der Waals surface area contributed by atoms with E-state index in [2.05, 4.69) is 37.3 Å². The van der Waals surface area contributed by atoms with E-state index in [1.807, 2.05) is 0 Å². The fourth-order valence-electron chi connectivity index (χ4n) is 1.03. The van der Waals surface area contributed by atoms with Gasteiger partial charge in [-0.2, -0.15) is 5.26 Å². The highest BCUT2D eigenvalue weighted by atomic mass is 14.2. The van der Waals surface area contributed by atoms with Crippen molar-refractivity contribution >= 4 is 0 Å². The first-order chi connectivity index (χ1) is 6.35. The lowest BCUT2D eigenvalue weighted by Crippen LogP contribution is -1.81. The van der Waals surface area contributed by atoms with Gasteiger partial charge in [-0.3, -0.25) is 0 Å². The van der Waals surface area contributed by atoms with Gasteiger partial charge in [0.2, 0.25) is 0 Å². The van der Waals surface area contributed by atoms with Gasteiger partial charge in [-0.05, 0) is 18.4 Å². The number of unbranched alkanes of at least 4 members (excludes halogenated alkanes) is 1. The highest BCUT2D eigenvalue weighted by Gasteiger charge is 1.87. The Morgan fingerprint density at radius 1 is 1.23 bits per heavy atom. The van der Waals surface area contributed by atoms with Crippen molar-refractivity contribution in [3.63, 3.8) is 0 Å². The summed E-state index contributed by atoms with van der Waals surface area (Å²) < 4.78 is 0. The minimum Gasteiger partial charge on any atom is -0.199 e. The summed E-state index contributed by atoms with van der Waals surface area (Å²) in [7, 11) is 0. The van der Waals surface area contributed by atoms with E-state index in [0.29, 0.717) is 0 Å². The van der Waals surface area contributed by atoms with Crippen LogP contribution < -0.4 is 0 Å². The molecular weight excluding hydrogens is 158 g/mol. The summed E-state index contributed by atoms with van der Waals surface area (Å²) in [4.78, 5) is 0. The van der Waals surface area contributed by atoms with E-state index in [0.717, 1.165) is 0 Å². The molecule has 70 valence electrons. The molecular formula is C12H17N. The predicted molar refractivity (Wildman–Crippen MR) is 56.3 cm³/mol. The van der Waals surface area contributed by atoms with Crippen LogP contribution in [0.25, 0.3) is 0 Å². The second kappa shape index (κ2) is 8.80. The van der Waals surface area contributed by atoms with Crippen LogP contribution in [0.15, 0.2) is 30.3 Å². The van der Waals surface area contributed by atoms with Crippen LogP contribution in [-0.2, 0) is 6.42 Å². The molecule has 0 spiro atoms.